The number of aryl methyl sites for hydroxylation is 1. The highest BCUT2D eigenvalue weighted by atomic mass is 16.3. The fourth-order valence-corrected chi connectivity index (χ4v) is 6.83. The van der Waals surface area contributed by atoms with E-state index in [4.69, 9.17) is 9.90 Å². The molecule has 0 bridgehead atoms. The van der Waals surface area contributed by atoms with Crippen LogP contribution in [0, 0.1) is 5.92 Å². The van der Waals surface area contributed by atoms with E-state index in [1.807, 2.05) is 32.0 Å². The standard InChI is InChI=1S/C18H28N2O.C17H25N.C2H6.CH2O2/c1-3-13-20(17-11-14-19(2)15-12-17)18(21)10-9-16-7-5-4-6-8-16;1-3-7-15(8-4-1)13-18-12-11-17(14-18)16-9-5-2-6-10-16;1-2;2-1-3/h4-8,17H,3,9-15H2,1-2H3;2,5-6,9-10,15,17H,1,3-4,7-8,11-14H2;1-2H3;1H,(H,2,3)/t;17-;;/m.1../s1. The molecule has 5 rings (SSSR count). The average Bonchev–Trinajstić information content (AvgIpc) is 3.54. The zero-order chi connectivity index (χ0) is 32.0. The van der Waals surface area contributed by atoms with Gasteiger partial charge in [-0.25, -0.2) is 0 Å². The lowest BCUT2D eigenvalue weighted by atomic mass is 9.89. The predicted molar refractivity (Wildman–Crippen MR) is 184 cm³/mol. The molecular formula is C38H61N3O3. The van der Waals surface area contributed by atoms with Gasteiger partial charge in [-0.05, 0) is 94.6 Å². The smallest absolute Gasteiger partial charge is 0.290 e. The molecule has 0 spiro atoms. The summed E-state index contributed by atoms with van der Waals surface area (Å²) in [6.07, 6.45) is 13.5. The first-order valence-electron chi connectivity index (χ1n) is 17.4. The van der Waals surface area contributed by atoms with Crippen molar-refractivity contribution in [2.75, 3.05) is 46.3 Å². The molecule has 1 amide bonds. The second kappa shape index (κ2) is 22.8. The van der Waals surface area contributed by atoms with Crippen LogP contribution >= 0.6 is 0 Å². The van der Waals surface area contributed by atoms with Gasteiger partial charge in [-0.2, -0.15) is 0 Å². The minimum Gasteiger partial charge on any atom is -0.483 e. The summed E-state index contributed by atoms with van der Waals surface area (Å²) in [6, 6.07) is 21.8. The molecule has 6 heteroatoms. The highest BCUT2D eigenvalue weighted by Gasteiger charge is 2.27. The Balaban J connectivity index is 0.000000270. The van der Waals surface area contributed by atoms with Gasteiger partial charge in [-0.1, -0.05) is 101 Å². The number of carbonyl (C=O) groups is 2. The number of carbonyl (C=O) groups excluding carboxylic acids is 1. The average molecular weight is 608 g/mol. The van der Waals surface area contributed by atoms with Crippen LogP contribution in [0.2, 0.25) is 0 Å². The number of benzene rings is 2. The van der Waals surface area contributed by atoms with Crippen molar-refractivity contribution in [2.45, 2.75) is 103 Å². The van der Waals surface area contributed by atoms with Crippen molar-refractivity contribution < 1.29 is 14.7 Å². The molecule has 0 radical (unpaired) electrons. The monoisotopic (exact) mass is 607 g/mol. The van der Waals surface area contributed by atoms with Crippen molar-refractivity contribution >= 4 is 12.4 Å². The van der Waals surface area contributed by atoms with Gasteiger partial charge in [0.1, 0.15) is 0 Å². The van der Waals surface area contributed by atoms with Gasteiger partial charge in [0.05, 0.1) is 0 Å². The minimum atomic E-state index is -0.250. The van der Waals surface area contributed by atoms with Gasteiger partial charge in [-0.3, -0.25) is 9.59 Å². The molecule has 1 N–H and O–H groups in total. The fraction of sp³-hybridized carbons (Fsp3) is 0.632. The van der Waals surface area contributed by atoms with E-state index in [9.17, 15) is 4.79 Å². The Kier molecular flexibility index (Phi) is 19.4. The maximum atomic E-state index is 12.6. The summed E-state index contributed by atoms with van der Waals surface area (Å²) in [7, 11) is 2.16. The minimum absolute atomic E-state index is 0.250. The van der Waals surface area contributed by atoms with Crippen LogP contribution < -0.4 is 0 Å². The Morgan fingerprint density at radius 1 is 0.886 bits per heavy atom. The summed E-state index contributed by atoms with van der Waals surface area (Å²) in [4.78, 5) is 28.2. The number of nitrogens with zero attached hydrogens (tertiary/aromatic N) is 3. The van der Waals surface area contributed by atoms with E-state index >= 15 is 0 Å². The zero-order valence-electron chi connectivity index (χ0n) is 28.2. The van der Waals surface area contributed by atoms with Gasteiger partial charge in [0.2, 0.25) is 5.91 Å². The van der Waals surface area contributed by atoms with Crippen molar-refractivity contribution in [3.05, 3.63) is 71.8 Å². The molecule has 246 valence electrons. The number of hydrogen-bond acceptors (Lipinski definition) is 4. The summed E-state index contributed by atoms with van der Waals surface area (Å²) < 4.78 is 0. The van der Waals surface area contributed by atoms with Crippen molar-refractivity contribution in [2.24, 2.45) is 5.92 Å². The Hall–Kier alpha value is -2.70. The third kappa shape index (κ3) is 13.9. The number of rotatable bonds is 9. The third-order valence-electron chi connectivity index (χ3n) is 9.17. The van der Waals surface area contributed by atoms with Crippen molar-refractivity contribution in [1.82, 2.24) is 14.7 Å². The molecule has 1 atom stereocenters. The Morgan fingerprint density at radius 3 is 2.07 bits per heavy atom. The summed E-state index contributed by atoms with van der Waals surface area (Å²) in [5.41, 5.74) is 2.80. The molecule has 1 saturated carbocycles. The van der Waals surface area contributed by atoms with E-state index in [1.54, 1.807) is 5.56 Å². The van der Waals surface area contributed by atoms with Gasteiger partial charge in [0, 0.05) is 32.1 Å². The Morgan fingerprint density at radius 2 is 1.48 bits per heavy atom. The lowest BCUT2D eigenvalue weighted by Gasteiger charge is -2.37. The normalized spacial score (nSPS) is 19.3. The SMILES string of the molecule is CC.CCCN(C(=O)CCc1ccccc1)C1CCN(C)CC1.O=CO.c1ccc([C@@H]2CCN(CC3CCCCC3)C2)cc1. The van der Waals surface area contributed by atoms with Crippen LogP contribution in [0.4, 0.5) is 0 Å². The first-order valence-corrected chi connectivity index (χ1v) is 17.4. The molecule has 2 heterocycles. The number of hydrogen-bond donors (Lipinski definition) is 1. The lowest BCUT2D eigenvalue weighted by molar-refractivity contribution is -0.134. The number of amides is 1. The Labute approximate surface area is 268 Å². The molecule has 2 aliphatic heterocycles. The quantitative estimate of drug-likeness (QED) is 0.296. The van der Waals surface area contributed by atoms with Crippen LogP contribution in [-0.2, 0) is 16.0 Å². The summed E-state index contributed by atoms with van der Waals surface area (Å²) >= 11 is 0. The second-order valence-corrected chi connectivity index (χ2v) is 12.4. The van der Waals surface area contributed by atoms with Crippen LogP contribution in [-0.4, -0.2) is 84.5 Å². The van der Waals surface area contributed by atoms with Gasteiger partial charge in [-0.15, -0.1) is 0 Å². The van der Waals surface area contributed by atoms with E-state index in [1.165, 1.54) is 63.7 Å². The third-order valence-corrected chi connectivity index (χ3v) is 9.17. The highest BCUT2D eigenvalue weighted by Crippen LogP contribution is 2.30. The molecule has 2 aromatic carbocycles. The van der Waals surface area contributed by atoms with Gasteiger partial charge < -0.3 is 19.8 Å². The van der Waals surface area contributed by atoms with Gasteiger partial charge in [0.25, 0.3) is 6.47 Å². The number of likely N-dealkylation sites (tertiary alicyclic amines) is 2. The maximum Gasteiger partial charge on any atom is 0.290 e. The van der Waals surface area contributed by atoms with Crippen LogP contribution in [0.15, 0.2) is 60.7 Å². The molecule has 0 unspecified atom stereocenters. The van der Waals surface area contributed by atoms with Gasteiger partial charge in [0.15, 0.2) is 0 Å². The molecule has 2 aromatic rings. The molecular weight excluding hydrogens is 546 g/mol. The topological polar surface area (TPSA) is 64.1 Å². The van der Waals surface area contributed by atoms with E-state index in [2.05, 4.69) is 71.1 Å². The molecule has 3 aliphatic rings. The number of carboxylic acid groups (broad SMARTS) is 1. The zero-order valence-corrected chi connectivity index (χ0v) is 28.2. The fourth-order valence-electron chi connectivity index (χ4n) is 6.83. The molecule has 0 aromatic heterocycles. The second-order valence-electron chi connectivity index (χ2n) is 12.4. The van der Waals surface area contributed by atoms with E-state index < -0.39 is 0 Å². The number of piperidine rings is 1. The summed E-state index contributed by atoms with van der Waals surface area (Å²) in [5, 5.41) is 6.89. The van der Waals surface area contributed by atoms with Crippen LogP contribution in [0.1, 0.15) is 102 Å². The largest absolute Gasteiger partial charge is 0.483 e. The lowest BCUT2D eigenvalue weighted by Crippen LogP contribution is -2.46. The van der Waals surface area contributed by atoms with E-state index in [0.717, 1.165) is 57.2 Å². The molecule has 44 heavy (non-hydrogen) atoms. The van der Waals surface area contributed by atoms with E-state index in [0.29, 0.717) is 18.4 Å². The highest BCUT2D eigenvalue weighted by molar-refractivity contribution is 5.76. The summed E-state index contributed by atoms with van der Waals surface area (Å²) in [6.45, 7) is 13.0. The first kappa shape index (κ1) is 37.5. The van der Waals surface area contributed by atoms with E-state index in [-0.39, 0.29) is 6.47 Å². The molecule has 3 fully saturated rings. The predicted octanol–water partition coefficient (Wildman–Crippen LogP) is 7.74. The van der Waals surface area contributed by atoms with Crippen molar-refractivity contribution in [1.29, 1.82) is 0 Å². The molecule has 1 aliphatic carbocycles. The Bertz CT molecular complexity index is 989. The van der Waals surface area contributed by atoms with Gasteiger partial charge >= 0.3 is 0 Å². The van der Waals surface area contributed by atoms with Crippen molar-refractivity contribution in [3.63, 3.8) is 0 Å². The van der Waals surface area contributed by atoms with Crippen molar-refractivity contribution in [3.8, 4) is 0 Å². The van der Waals surface area contributed by atoms with Crippen LogP contribution in [0.25, 0.3) is 0 Å². The van der Waals surface area contributed by atoms with Crippen LogP contribution in [0.3, 0.4) is 0 Å². The molecule has 2 saturated heterocycles. The first-order chi connectivity index (χ1) is 21.5. The molecule has 6 nitrogen and oxygen atoms in total. The summed E-state index contributed by atoms with van der Waals surface area (Å²) in [5.74, 6) is 2.11. The van der Waals surface area contributed by atoms with Crippen LogP contribution in [0.5, 0.6) is 0 Å². The maximum absolute atomic E-state index is 12.6.